The summed E-state index contributed by atoms with van der Waals surface area (Å²) in [5.74, 6) is -2.58. The van der Waals surface area contributed by atoms with Gasteiger partial charge in [0.1, 0.15) is 17.6 Å². The SMILES string of the molecule is C=CCN(CCN1CCOCC1)C(=O)C1N([C@@H](CC)CO)C(=O)[C@@H]2[C@@H](C(=O)OCC)[C@@]3(C)CCC12O3. The Hall–Kier alpha value is -2.01. The van der Waals surface area contributed by atoms with Gasteiger partial charge in [-0.05, 0) is 33.1 Å². The van der Waals surface area contributed by atoms with Crippen LogP contribution in [0.25, 0.3) is 0 Å². The Morgan fingerprint density at radius 1 is 1.31 bits per heavy atom. The smallest absolute Gasteiger partial charge is 0.312 e. The van der Waals surface area contributed by atoms with E-state index in [0.717, 1.165) is 13.1 Å². The Morgan fingerprint density at radius 3 is 2.64 bits per heavy atom. The maximum absolute atomic E-state index is 14.3. The zero-order valence-electron chi connectivity index (χ0n) is 21.8. The van der Waals surface area contributed by atoms with Crippen LogP contribution in [0.3, 0.4) is 0 Å². The zero-order chi connectivity index (χ0) is 26.1. The predicted molar refractivity (Wildman–Crippen MR) is 131 cm³/mol. The highest BCUT2D eigenvalue weighted by Crippen LogP contribution is 2.63. The van der Waals surface area contributed by atoms with Gasteiger partial charge in [-0.25, -0.2) is 0 Å². The summed E-state index contributed by atoms with van der Waals surface area (Å²) in [5.41, 5.74) is -1.99. The molecule has 4 heterocycles. The molecule has 202 valence electrons. The van der Waals surface area contributed by atoms with Crippen LogP contribution in [-0.4, -0.2) is 120 Å². The van der Waals surface area contributed by atoms with E-state index in [1.54, 1.807) is 17.9 Å². The fourth-order valence-corrected chi connectivity index (χ4v) is 6.75. The molecule has 0 radical (unpaired) electrons. The van der Waals surface area contributed by atoms with Crippen molar-refractivity contribution in [2.45, 2.75) is 63.3 Å². The molecule has 6 atom stereocenters. The highest BCUT2D eigenvalue weighted by molar-refractivity contribution is 5.98. The Labute approximate surface area is 213 Å². The second-order valence-electron chi connectivity index (χ2n) is 10.5. The maximum Gasteiger partial charge on any atom is 0.312 e. The second-order valence-corrected chi connectivity index (χ2v) is 10.5. The average molecular weight is 508 g/mol. The predicted octanol–water partition coefficient (Wildman–Crippen LogP) is 0.432. The van der Waals surface area contributed by atoms with Gasteiger partial charge in [0.25, 0.3) is 0 Å². The van der Waals surface area contributed by atoms with Gasteiger partial charge in [0, 0.05) is 32.7 Å². The van der Waals surface area contributed by atoms with Gasteiger partial charge in [-0.2, -0.15) is 0 Å². The third kappa shape index (κ3) is 4.36. The second kappa shape index (κ2) is 10.8. The third-order valence-corrected chi connectivity index (χ3v) is 8.52. The molecule has 1 N–H and O–H groups in total. The number of esters is 1. The van der Waals surface area contributed by atoms with Crippen molar-refractivity contribution in [2.75, 3.05) is 59.2 Å². The van der Waals surface area contributed by atoms with Crippen LogP contribution in [0, 0.1) is 11.8 Å². The number of hydrogen-bond acceptors (Lipinski definition) is 8. The number of rotatable bonds is 11. The molecular formula is C26H41N3O7. The van der Waals surface area contributed by atoms with E-state index < -0.39 is 41.1 Å². The quantitative estimate of drug-likeness (QED) is 0.317. The number of fused-ring (bicyclic) bond motifs is 1. The largest absolute Gasteiger partial charge is 0.466 e. The van der Waals surface area contributed by atoms with E-state index in [2.05, 4.69) is 11.5 Å². The van der Waals surface area contributed by atoms with E-state index in [0.29, 0.717) is 52.1 Å². The minimum atomic E-state index is -1.12. The molecule has 4 saturated heterocycles. The minimum Gasteiger partial charge on any atom is -0.466 e. The summed E-state index contributed by atoms with van der Waals surface area (Å²) in [6, 6.07) is -1.47. The van der Waals surface area contributed by atoms with Gasteiger partial charge in [0.05, 0.1) is 44.0 Å². The molecule has 0 saturated carbocycles. The van der Waals surface area contributed by atoms with Crippen LogP contribution >= 0.6 is 0 Å². The van der Waals surface area contributed by atoms with Gasteiger partial charge in [-0.3, -0.25) is 19.3 Å². The molecule has 4 fully saturated rings. The summed E-state index contributed by atoms with van der Waals surface area (Å²) in [4.78, 5) is 46.9. The lowest BCUT2D eigenvalue weighted by atomic mass is 9.66. The molecular weight excluding hydrogens is 466 g/mol. The summed E-state index contributed by atoms with van der Waals surface area (Å²) in [6.45, 7) is 13.7. The number of carbonyl (C=O) groups excluding carboxylic acids is 3. The first-order chi connectivity index (χ1) is 17.3. The van der Waals surface area contributed by atoms with Crippen molar-refractivity contribution in [2.24, 2.45) is 11.8 Å². The number of nitrogens with zero attached hydrogens (tertiary/aromatic N) is 3. The summed E-state index contributed by atoms with van der Waals surface area (Å²) in [5, 5.41) is 10.2. The molecule has 1 spiro atoms. The molecule has 4 rings (SSSR count). The van der Waals surface area contributed by atoms with E-state index in [9.17, 15) is 19.5 Å². The number of aliphatic hydroxyl groups is 1. The highest BCUT2D eigenvalue weighted by atomic mass is 16.6. The van der Waals surface area contributed by atoms with Crippen LogP contribution in [0.4, 0.5) is 0 Å². The zero-order valence-corrected chi connectivity index (χ0v) is 21.8. The number of morpholine rings is 1. The topological polar surface area (TPSA) is 109 Å². The molecule has 10 nitrogen and oxygen atoms in total. The molecule has 0 aromatic rings. The maximum atomic E-state index is 14.3. The van der Waals surface area contributed by atoms with Crippen LogP contribution in [0.15, 0.2) is 12.7 Å². The number of hydrogen-bond donors (Lipinski definition) is 1. The highest BCUT2D eigenvalue weighted by Gasteiger charge is 2.79. The average Bonchev–Trinajstić information content (AvgIpc) is 3.44. The molecule has 0 aromatic heterocycles. The number of amides is 2. The van der Waals surface area contributed by atoms with Gasteiger partial charge in [-0.15, -0.1) is 6.58 Å². The van der Waals surface area contributed by atoms with Crippen LogP contribution < -0.4 is 0 Å². The summed E-state index contributed by atoms with van der Waals surface area (Å²) in [7, 11) is 0. The van der Waals surface area contributed by atoms with Crippen molar-refractivity contribution < 1.29 is 33.7 Å². The fourth-order valence-electron chi connectivity index (χ4n) is 6.75. The van der Waals surface area contributed by atoms with Crippen molar-refractivity contribution >= 4 is 17.8 Å². The van der Waals surface area contributed by atoms with Crippen molar-refractivity contribution in [3.8, 4) is 0 Å². The monoisotopic (exact) mass is 507 g/mol. The molecule has 2 bridgehead atoms. The standard InChI is InChI=1S/C26H41N3O7/c1-5-10-28(12-11-27-13-15-34-16-14-27)23(32)21-26-9-8-25(4,36-26)20(24(33)35-7-3)19(26)22(31)29(21)18(6-2)17-30/h5,18-21,30H,1,6-17H2,2-4H3/t18-,19-,20-,21?,25+,26?/m0/s1. The molecule has 2 unspecified atom stereocenters. The lowest BCUT2D eigenvalue weighted by Gasteiger charge is -2.39. The number of ether oxygens (including phenoxy) is 3. The molecule has 0 aliphatic carbocycles. The van der Waals surface area contributed by atoms with Gasteiger partial charge in [0.2, 0.25) is 11.8 Å². The first-order valence-corrected chi connectivity index (χ1v) is 13.3. The van der Waals surface area contributed by atoms with Crippen LogP contribution in [-0.2, 0) is 28.6 Å². The lowest BCUT2D eigenvalue weighted by Crippen LogP contribution is -2.59. The van der Waals surface area contributed by atoms with E-state index in [1.807, 2.05) is 13.8 Å². The Bertz CT molecular complexity index is 858. The lowest BCUT2D eigenvalue weighted by molar-refractivity contribution is -0.161. The number of aliphatic hydroxyl groups excluding tert-OH is 1. The van der Waals surface area contributed by atoms with Crippen molar-refractivity contribution in [3.05, 3.63) is 12.7 Å². The summed E-state index contributed by atoms with van der Waals surface area (Å²) in [6.07, 6.45) is 3.22. The minimum absolute atomic E-state index is 0.203. The van der Waals surface area contributed by atoms with Crippen LogP contribution in [0.1, 0.15) is 40.0 Å². The van der Waals surface area contributed by atoms with E-state index in [1.165, 1.54) is 4.90 Å². The van der Waals surface area contributed by atoms with E-state index in [-0.39, 0.29) is 25.0 Å². The Kier molecular flexibility index (Phi) is 8.09. The Morgan fingerprint density at radius 2 is 2.03 bits per heavy atom. The molecule has 2 amide bonds. The van der Waals surface area contributed by atoms with Crippen LogP contribution in [0.2, 0.25) is 0 Å². The third-order valence-electron chi connectivity index (χ3n) is 8.52. The van der Waals surface area contributed by atoms with E-state index >= 15 is 0 Å². The number of likely N-dealkylation sites (tertiary alicyclic amines) is 1. The molecule has 36 heavy (non-hydrogen) atoms. The first-order valence-electron chi connectivity index (χ1n) is 13.3. The molecule has 10 heteroatoms. The normalized spacial score (nSPS) is 34.5. The fraction of sp³-hybridized carbons (Fsp3) is 0.808. The van der Waals surface area contributed by atoms with Crippen molar-refractivity contribution in [3.63, 3.8) is 0 Å². The summed E-state index contributed by atoms with van der Waals surface area (Å²) < 4.78 is 17.4. The van der Waals surface area contributed by atoms with Gasteiger partial charge in [-0.1, -0.05) is 13.0 Å². The van der Waals surface area contributed by atoms with Crippen molar-refractivity contribution in [1.82, 2.24) is 14.7 Å². The number of carbonyl (C=O) groups is 3. The molecule has 4 aliphatic rings. The first kappa shape index (κ1) is 27.0. The molecule has 0 aromatic carbocycles. The summed E-state index contributed by atoms with van der Waals surface area (Å²) >= 11 is 0. The Balaban J connectivity index is 1.69. The van der Waals surface area contributed by atoms with E-state index in [4.69, 9.17) is 14.2 Å². The van der Waals surface area contributed by atoms with Crippen molar-refractivity contribution in [1.29, 1.82) is 0 Å². The van der Waals surface area contributed by atoms with Gasteiger partial charge >= 0.3 is 5.97 Å². The van der Waals surface area contributed by atoms with Gasteiger partial charge < -0.3 is 29.1 Å². The van der Waals surface area contributed by atoms with Crippen LogP contribution in [0.5, 0.6) is 0 Å². The van der Waals surface area contributed by atoms with Gasteiger partial charge in [0.15, 0.2) is 0 Å². The molecule has 4 aliphatic heterocycles.